The van der Waals surface area contributed by atoms with E-state index in [1.54, 1.807) is 7.11 Å². The number of para-hydroxylation sites is 1. The van der Waals surface area contributed by atoms with Gasteiger partial charge in [-0.3, -0.25) is 4.79 Å². The zero-order chi connectivity index (χ0) is 14.9. The lowest BCUT2D eigenvalue weighted by Crippen LogP contribution is -2.01. The van der Waals surface area contributed by atoms with Gasteiger partial charge in [-0.1, -0.05) is 54.6 Å². The summed E-state index contributed by atoms with van der Waals surface area (Å²) in [4.78, 5) is 12.2. The van der Waals surface area contributed by atoms with E-state index in [0.717, 1.165) is 12.8 Å². The Kier molecular flexibility index (Phi) is 5.77. The van der Waals surface area contributed by atoms with Gasteiger partial charge in [-0.25, -0.2) is 0 Å². The van der Waals surface area contributed by atoms with Gasteiger partial charge in [0.15, 0.2) is 5.78 Å². The molecule has 2 rings (SSSR count). The highest BCUT2D eigenvalue weighted by atomic mass is 16.5. The minimum absolute atomic E-state index is 0.139. The van der Waals surface area contributed by atoms with Crippen LogP contribution in [0.5, 0.6) is 5.75 Å². The fourth-order valence-electron chi connectivity index (χ4n) is 2.17. The molecule has 2 nitrogen and oxygen atoms in total. The van der Waals surface area contributed by atoms with E-state index < -0.39 is 0 Å². The Morgan fingerprint density at radius 1 is 1.05 bits per heavy atom. The molecule has 0 aliphatic heterocycles. The van der Waals surface area contributed by atoms with E-state index in [1.807, 2.05) is 42.5 Å². The number of ketones is 1. The maximum Gasteiger partial charge on any atom is 0.166 e. The van der Waals surface area contributed by atoms with E-state index in [9.17, 15) is 4.79 Å². The number of carbonyl (C=O) groups is 1. The summed E-state index contributed by atoms with van der Waals surface area (Å²) < 4.78 is 5.22. The second-order valence-corrected chi connectivity index (χ2v) is 4.83. The molecule has 0 atom stereocenters. The van der Waals surface area contributed by atoms with Crippen molar-refractivity contribution in [2.45, 2.75) is 19.3 Å². The second kappa shape index (κ2) is 8.05. The van der Waals surface area contributed by atoms with Crippen molar-refractivity contribution in [3.05, 3.63) is 71.8 Å². The van der Waals surface area contributed by atoms with Crippen LogP contribution in [0.15, 0.2) is 60.7 Å². The Hall–Kier alpha value is -2.35. The molecule has 0 aliphatic carbocycles. The summed E-state index contributed by atoms with van der Waals surface area (Å²) in [5.41, 5.74) is 1.86. The van der Waals surface area contributed by atoms with Crippen molar-refractivity contribution in [1.29, 1.82) is 0 Å². The van der Waals surface area contributed by atoms with E-state index >= 15 is 0 Å². The van der Waals surface area contributed by atoms with E-state index in [0.29, 0.717) is 17.7 Å². The summed E-state index contributed by atoms with van der Waals surface area (Å²) in [5.74, 6) is 0.794. The topological polar surface area (TPSA) is 26.3 Å². The summed E-state index contributed by atoms with van der Waals surface area (Å²) in [6.45, 7) is 0. The van der Waals surface area contributed by atoms with Crippen LogP contribution >= 0.6 is 0 Å². The molecule has 0 saturated heterocycles. The average molecular weight is 280 g/mol. The molecule has 0 spiro atoms. The minimum Gasteiger partial charge on any atom is -0.496 e. The molecule has 0 aliphatic rings. The smallest absolute Gasteiger partial charge is 0.166 e. The van der Waals surface area contributed by atoms with Gasteiger partial charge in [0.25, 0.3) is 0 Å². The van der Waals surface area contributed by atoms with Crippen LogP contribution in [-0.2, 0) is 0 Å². The van der Waals surface area contributed by atoms with Gasteiger partial charge < -0.3 is 4.74 Å². The zero-order valence-electron chi connectivity index (χ0n) is 12.3. The summed E-state index contributed by atoms with van der Waals surface area (Å²) in [5, 5.41) is 0. The first-order valence-electron chi connectivity index (χ1n) is 7.19. The maximum absolute atomic E-state index is 12.2. The van der Waals surface area contributed by atoms with Crippen LogP contribution in [0.25, 0.3) is 6.08 Å². The van der Waals surface area contributed by atoms with E-state index in [2.05, 4.69) is 24.3 Å². The van der Waals surface area contributed by atoms with Gasteiger partial charge in [0, 0.05) is 6.42 Å². The van der Waals surface area contributed by atoms with Gasteiger partial charge >= 0.3 is 0 Å². The number of allylic oxidation sites excluding steroid dienone is 1. The van der Waals surface area contributed by atoms with Crippen molar-refractivity contribution < 1.29 is 9.53 Å². The van der Waals surface area contributed by atoms with E-state index in [1.165, 1.54) is 5.56 Å². The van der Waals surface area contributed by atoms with Crippen molar-refractivity contribution in [3.8, 4) is 5.75 Å². The number of benzene rings is 2. The van der Waals surface area contributed by atoms with Gasteiger partial charge in [0.2, 0.25) is 0 Å². The number of unbranched alkanes of at least 4 members (excludes halogenated alkanes) is 1. The third-order valence-corrected chi connectivity index (χ3v) is 3.29. The zero-order valence-corrected chi connectivity index (χ0v) is 12.3. The van der Waals surface area contributed by atoms with Crippen LogP contribution in [-0.4, -0.2) is 12.9 Å². The monoisotopic (exact) mass is 280 g/mol. The summed E-state index contributed by atoms with van der Waals surface area (Å²) in [6, 6.07) is 17.6. The lowest BCUT2D eigenvalue weighted by atomic mass is 10.0. The van der Waals surface area contributed by atoms with Gasteiger partial charge in [0.1, 0.15) is 5.75 Å². The van der Waals surface area contributed by atoms with Crippen molar-refractivity contribution in [2.75, 3.05) is 7.11 Å². The Balaban J connectivity index is 1.81. The molecule has 0 aromatic heterocycles. The quantitative estimate of drug-likeness (QED) is 0.540. The SMILES string of the molecule is COc1ccccc1C(=O)CCC/C=C/c1ccccc1. The standard InChI is InChI=1S/C19H20O2/c1-21-19-15-9-8-13-17(19)18(20)14-7-3-6-12-16-10-4-2-5-11-16/h2,4-6,8-13,15H,3,7,14H2,1H3/b12-6+. The molecule has 2 aromatic rings. The van der Waals surface area contributed by atoms with Gasteiger partial charge in [-0.15, -0.1) is 0 Å². The highest BCUT2D eigenvalue weighted by Gasteiger charge is 2.10. The fourth-order valence-corrected chi connectivity index (χ4v) is 2.17. The van der Waals surface area contributed by atoms with Crippen molar-refractivity contribution in [1.82, 2.24) is 0 Å². The molecule has 0 bridgehead atoms. The first kappa shape index (κ1) is 15.0. The van der Waals surface area contributed by atoms with Crippen LogP contribution in [0.1, 0.15) is 35.2 Å². The molecule has 0 amide bonds. The van der Waals surface area contributed by atoms with E-state index in [-0.39, 0.29) is 5.78 Å². The van der Waals surface area contributed by atoms with Gasteiger partial charge in [-0.2, -0.15) is 0 Å². The van der Waals surface area contributed by atoms with Crippen LogP contribution in [0.3, 0.4) is 0 Å². The minimum atomic E-state index is 0.139. The molecule has 0 radical (unpaired) electrons. The molecular weight excluding hydrogens is 260 g/mol. The molecule has 0 fully saturated rings. The van der Waals surface area contributed by atoms with Crippen LogP contribution < -0.4 is 4.74 Å². The summed E-state index contributed by atoms with van der Waals surface area (Å²) in [7, 11) is 1.59. The third kappa shape index (κ3) is 4.60. The van der Waals surface area contributed by atoms with Crippen molar-refractivity contribution in [2.24, 2.45) is 0 Å². The highest BCUT2D eigenvalue weighted by molar-refractivity contribution is 5.98. The Bertz CT molecular complexity index is 600. The number of methoxy groups -OCH3 is 1. The third-order valence-electron chi connectivity index (χ3n) is 3.29. The lowest BCUT2D eigenvalue weighted by Gasteiger charge is -2.06. The first-order chi connectivity index (χ1) is 10.3. The van der Waals surface area contributed by atoms with Crippen molar-refractivity contribution in [3.63, 3.8) is 0 Å². The molecule has 0 N–H and O–H groups in total. The predicted molar refractivity (Wildman–Crippen MR) is 86.7 cm³/mol. The Morgan fingerprint density at radius 3 is 2.52 bits per heavy atom. The van der Waals surface area contributed by atoms with Gasteiger partial charge in [0.05, 0.1) is 12.7 Å². The normalized spacial score (nSPS) is 10.7. The highest BCUT2D eigenvalue weighted by Crippen LogP contribution is 2.20. The van der Waals surface area contributed by atoms with Crippen molar-refractivity contribution >= 4 is 11.9 Å². The van der Waals surface area contributed by atoms with Crippen LogP contribution in [0, 0.1) is 0 Å². The van der Waals surface area contributed by atoms with Crippen LogP contribution in [0.4, 0.5) is 0 Å². The predicted octanol–water partition coefficient (Wildman–Crippen LogP) is 4.76. The molecule has 0 saturated carbocycles. The number of rotatable bonds is 7. The molecular formula is C19H20O2. The Labute approximate surface area is 126 Å². The average Bonchev–Trinajstić information content (AvgIpc) is 2.55. The number of ether oxygens (including phenoxy) is 1. The largest absolute Gasteiger partial charge is 0.496 e. The van der Waals surface area contributed by atoms with E-state index in [4.69, 9.17) is 4.74 Å². The summed E-state index contributed by atoms with van der Waals surface area (Å²) in [6.07, 6.45) is 6.49. The fraction of sp³-hybridized carbons (Fsp3) is 0.211. The molecule has 2 heteroatoms. The molecule has 108 valence electrons. The number of carbonyl (C=O) groups excluding carboxylic acids is 1. The second-order valence-electron chi connectivity index (χ2n) is 4.83. The van der Waals surface area contributed by atoms with Crippen LogP contribution in [0.2, 0.25) is 0 Å². The molecule has 0 unspecified atom stereocenters. The first-order valence-corrected chi connectivity index (χ1v) is 7.19. The molecule has 2 aromatic carbocycles. The van der Waals surface area contributed by atoms with Gasteiger partial charge in [-0.05, 0) is 30.5 Å². The number of Topliss-reactive ketones (excluding diaryl/α,β-unsaturated/α-hetero) is 1. The summed E-state index contributed by atoms with van der Waals surface area (Å²) >= 11 is 0. The lowest BCUT2D eigenvalue weighted by molar-refractivity contribution is 0.0977. The maximum atomic E-state index is 12.2. The number of hydrogen-bond donors (Lipinski definition) is 0. The Morgan fingerprint density at radius 2 is 1.76 bits per heavy atom. The molecule has 21 heavy (non-hydrogen) atoms. The number of hydrogen-bond acceptors (Lipinski definition) is 2. The molecule has 0 heterocycles.